The van der Waals surface area contributed by atoms with Gasteiger partial charge in [0.25, 0.3) is 0 Å². The van der Waals surface area contributed by atoms with Gasteiger partial charge in [-0.05, 0) is 43.7 Å². The largest absolute Gasteiger partial charge is 0.385 e. The molecule has 1 amide bonds. The summed E-state index contributed by atoms with van der Waals surface area (Å²) in [5.74, 6) is 0.670. The van der Waals surface area contributed by atoms with Gasteiger partial charge < -0.3 is 9.64 Å². The zero-order chi connectivity index (χ0) is 17.9. The molecular formula is C18H26N2O4S. The molecule has 7 heteroatoms. The molecule has 1 unspecified atom stereocenters. The number of carbonyl (C=O) groups excluding carboxylic acids is 1. The van der Waals surface area contributed by atoms with Crippen molar-refractivity contribution in [2.24, 2.45) is 5.92 Å². The van der Waals surface area contributed by atoms with Crippen LogP contribution in [0, 0.1) is 5.92 Å². The van der Waals surface area contributed by atoms with Crippen molar-refractivity contribution >= 4 is 15.9 Å². The Labute approximate surface area is 149 Å². The number of sulfonamides is 1. The predicted octanol–water partition coefficient (Wildman–Crippen LogP) is 1.77. The normalized spacial score (nSPS) is 23.8. The first-order valence-electron chi connectivity index (χ1n) is 8.80. The Morgan fingerprint density at radius 2 is 2.04 bits per heavy atom. The van der Waals surface area contributed by atoms with E-state index >= 15 is 0 Å². The molecular weight excluding hydrogens is 340 g/mol. The molecule has 2 aliphatic rings. The van der Waals surface area contributed by atoms with Crippen LogP contribution < -0.4 is 4.72 Å². The lowest BCUT2D eigenvalue weighted by Gasteiger charge is -2.30. The Hall–Kier alpha value is -1.44. The molecule has 1 heterocycles. The first-order valence-corrected chi connectivity index (χ1v) is 10.3. The van der Waals surface area contributed by atoms with E-state index in [9.17, 15) is 13.2 Å². The Kier molecular flexibility index (Phi) is 5.46. The number of rotatable bonds is 8. The van der Waals surface area contributed by atoms with Gasteiger partial charge >= 0.3 is 0 Å². The van der Waals surface area contributed by atoms with Gasteiger partial charge in [-0.25, -0.2) is 13.1 Å². The van der Waals surface area contributed by atoms with E-state index in [1.807, 2.05) is 4.90 Å². The predicted molar refractivity (Wildman–Crippen MR) is 94.5 cm³/mol. The minimum atomic E-state index is -3.64. The Bertz CT molecular complexity index is 703. The van der Waals surface area contributed by atoms with Crippen LogP contribution in [0.25, 0.3) is 0 Å². The molecule has 1 saturated carbocycles. The molecule has 1 atom stereocenters. The molecule has 1 aromatic carbocycles. The van der Waals surface area contributed by atoms with Gasteiger partial charge in [-0.3, -0.25) is 4.79 Å². The molecule has 0 spiro atoms. The molecule has 1 aliphatic carbocycles. The van der Waals surface area contributed by atoms with Gasteiger partial charge in [0, 0.05) is 33.2 Å². The van der Waals surface area contributed by atoms with E-state index < -0.39 is 15.6 Å². The molecule has 2 fully saturated rings. The van der Waals surface area contributed by atoms with Crippen molar-refractivity contribution in [3.05, 3.63) is 30.3 Å². The fourth-order valence-electron chi connectivity index (χ4n) is 3.36. The standard InChI is InChI=1S/C18H26N2O4S/c1-24-12-10-18(19-25(22,23)16-5-3-2-4-6-16)9-11-20(14-18)17(21)13-15-7-8-15/h2-6,15,19H,7-14H2,1H3. The van der Waals surface area contributed by atoms with E-state index in [2.05, 4.69) is 4.72 Å². The lowest BCUT2D eigenvalue weighted by atomic mass is 9.96. The van der Waals surface area contributed by atoms with Crippen molar-refractivity contribution in [2.45, 2.75) is 42.5 Å². The number of methoxy groups -OCH3 is 1. The van der Waals surface area contributed by atoms with Crippen molar-refractivity contribution in [1.82, 2.24) is 9.62 Å². The first kappa shape index (κ1) is 18.4. The van der Waals surface area contributed by atoms with E-state index in [4.69, 9.17) is 4.74 Å². The lowest BCUT2D eigenvalue weighted by Crippen LogP contribution is -2.51. The maximum absolute atomic E-state index is 12.8. The van der Waals surface area contributed by atoms with E-state index in [1.165, 1.54) is 0 Å². The topological polar surface area (TPSA) is 75.7 Å². The molecule has 3 rings (SSSR count). The maximum atomic E-state index is 12.8. The van der Waals surface area contributed by atoms with Gasteiger partial charge in [-0.15, -0.1) is 0 Å². The summed E-state index contributed by atoms with van der Waals surface area (Å²) in [6.45, 7) is 1.45. The third-order valence-electron chi connectivity index (χ3n) is 5.06. The monoisotopic (exact) mass is 366 g/mol. The average Bonchev–Trinajstić information content (AvgIpc) is 3.32. The molecule has 1 aromatic rings. The third-order valence-corrected chi connectivity index (χ3v) is 6.65. The summed E-state index contributed by atoms with van der Waals surface area (Å²) >= 11 is 0. The number of nitrogens with zero attached hydrogens (tertiary/aromatic N) is 1. The number of hydrogen-bond acceptors (Lipinski definition) is 4. The van der Waals surface area contributed by atoms with Gasteiger partial charge in [-0.1, -0.05) is 18.2 Å². The van der Waals surface area contributed by atoms with Crippen LogP contribution in [-0.2, 0) is 19.6 Å². The van der Waals surface area contributed by atoms with Gasteiger partial charge in [0.05, 0.1) is 10.4 Å². The molecule has 0 bridgehead atoms. The Morgan fingerprint density at radius 1 is 1.32 bits per heavy atom. The highest BCUT2D eigenvalue weighted by atomic mass is 32.2. The third kappa shape index (κ3) is 4.59. The summed E-state index contributed by atoms with van der Waals surface area (Å²) in [4.78, 5) is 14.5. The summed E-state index contributed by atoms with van der Waals surface area (Å²) in [7, 11) is -2.03. The van der Waals surface area contributed by atoms with Crippen LogP contribution in [0.5, 0.6) is 0 Å². The fraction of sp³-hybridized carbons (Fsp3) is 0.611. The van der Waals surface area contributed by atoms with Crippen molar-refractivity contribution < 1.29 is 17.9 Å². The van der Waals surface area contributed by atoms with E-state index in [0.717, 1.165) is 12.8 Å². The van der Waals surface area contributed by atoms with E-state index in [0.29, 0.717) is 44.9 Å². The highest BCUT2D eigenvalue weighted by Gasteiger charge is 2.43. The zero-order valence-corrected chi connectivity index (χ0v) is 15.4. The summed E-state index contributed by atoms with van der Waals surface area (Å²) in [6.07, 6.45) is 4.01. The number of amides is 1. The number of nitrogens with one attached hydrogen (secondary N) is 1. The summed E-state index contributed by atoms with van der Waals surface area (Å²) < 4.78 is 33.6. The Morgan fingerprint density at radius 3 is 2.68 bits per heavy atom. The average molecular weight is 366 g/mol. The lowest BCUT2D eigenvalue weighted by molar-refractivity contribution is -0.130. The fourth-order valence-corrected chi connectivity index (χ4v) is 4.83. The molecule has 25 heavy (non-hydrogen) atoms. The van der Waals surface area contributed by atoms with Crippen LogP contribution in [0.1, 0.15) is 32.1 Å². The molecule has 0 radical (unpaired) electrons. The van der Waals surface area contributed by atoms with Crippen molar-refractivity contribution in [1.29, 1.82) is 0 Å². The van der Waals surface area contributed by atoms with Crippen LogP contribution >= 0.6 is 0 Å². The molecule has 1 N–H and O–H groups in total. The van der Waals surface area contributed by atoms with Crippen LogP contribution in [0.15, 0.2) is 35.2 Å². The number of likely N-dealkylation sites (tertiary alicyclic amines) is 1. The number of benzene rings is 1. The first-order chi connectivity index (χ1) is 11.9. The molecule has 1 aliphatic heterocycles. The van der Waals surface area contributed by atoms with Crippen molar-refractivity contribution in [2.75, 3.05) is 26.8 Å². The van der Waals surface area contributed by atoms with E-state index in [1.54, 1.807) is 37.4 Å². The maximum Gasteiger partial charge on any atom is 0.241 e. The minimum absolute atomic E-state index is 0.140. The van der Waals surface area contributed by atoms with Crippen molar-refractivity contribution in [3.63, 3.8) is 0 Å². The Balaban J connectivity index is 1.74. The van der Waals surface area contributed by atoms with E-state index in [-0.39, 0.29) is 10.8 Å². The van der Waals surface area contributed by atoms with Crippen molar-refractivity contribution in [3.8, 4) is 0 Å². The summed E-state index contributed by atoms with van der Waals surface area (Å²) in [5.41, 5.74) is -0.663. The number of ether oxygens (including phenoxy) is 1. The second-order valence-corrected chi connectivity index (χ2v) is 8.84. The highest BCUT2D eigenvalue weighted by Crippen LogP contribution is 2.34. The quantitative estimate of drug-likeness (QED) is 0.761. The van der Waals surface area contributed by atoms with Crippen LogP contribution in [0.3, 0.4) is 0 Å². The minimum Gasteiger partial charge on any atom is -0.385 e. The summed E-state index contributed by atoms with van der Waals surface area (Å²) in [6, 6.07) is 8.36. The molecule has 1 saturated heterocycles. The number of hydrogen-bond donors (Lipinski definition) is 1. The van der Waals surface area contributed by atoms with Gasteiger partial charge in [0.15, 0.2) is 0 Å². The smallest absolute Gasteiger partial charge is 0.241 e. The van der Waals surface area contributed by atoms with Gasteiger partial charge in [0.1, 0.15) is 0 Å². The molecule has 138 valence electrons. The van der Waals surface area contributed by atoms with Crippen LogP contribution in [-0.4, -0.2) is 51.6 Å². The van der Waals surface area contributed by atoms with Gasteiger partial charge in [-0.2, -0.15) is 0 Å². The second kappa shape index (κ2) is 7.43. The number of carbonyl (C=O) groups is 1. The summed E-state index contributed by atoms with van der Waals surface area (Å²) in [5, 5.41) is 0. The van der Waals surface area contributed by atoms with Crippen LogP contribution in [0.4, 0.5) is 0 Å². The second-order valence-electron chi connectivity index (χ2n) is 7.15. The van der Waals surface area contributed by atoms with Gasteiger partial charge in [0.2, 0.25) is 15.9 Å². The molecule has 0 aromatic heterocycles. The zero-order valence-electron chi connectivity index (χ0n) is 14.6. The van der Waals surface area contributed by atoms with Crippen LogP contribution in [0.2, 0.25) is 0 Å². The highest BCUT2D eigenvalue weighted by molar-refractivity contribution is 7.89. The molecule has 6 nitrogen and oxygen atoms in total. The SMILES string of the molecule is COCCC1(NS(=O)(=O)c2ccccc2)CCN(C(=O)CC2CC2)C1.